The molecule has 3 nitrogen and oxygen atoms in total. The van der Waals surface area contributed by atoms with Crippen molar-refractivity contribution in [1.82, 2.24) is 5.01 Å². The highest BCUT2D eigenvalue weighted by Crippen LogP contribution is 2.44. The number of nitriles is 1. The highest BCUT2D eigenvalue weighted by atomic mass is 19.1. The van der Waals surface area contributed by atoms with E-state index in [1.54, 1.807) is 5.01 Å². The maximum atomic E-state index is 14.2. The van der Waals surface area contributed by atoms with Gasteiger partial charge in [0.25, 0.3) is 0 Å². The van der Waals surface area contributed by atoms with Gasteiger partial charge in [0.2, 0.25) is 0 Å². The van der Waals surface area contributed by atoms with E-state index in [0.29, 0.717) is 12.1 Å². The Hall–Kier alpha value is -2.15. The Bertz CT molecular complexity index is 652. The SMILES string of the molecule is C=C(/C(C)=N/N1C(=C)C(F)CC1C1C=CC=CC1)C1CC1C#N. The summed E-state index contributed by atoms with van der Waals surface area (Å²) < 4.78 is 14.2. The van der Waals surface area contributed by atoms with Crippen LogP contribution in [0.15, 0.2) is 53.8 Å². The summed E-state index contributed by atoms with van der Waals surface area (Å²) in [6.07, 6.45) is 9.39. The lowest BCUT2D eigenvalue weighted by molar-refractivity contribution is 0.252. The Morgan fingerprint density at radius 1 is 1.43 bits per heavy atom. The van der Waals surface area contributed by atoms with Gasteiger partial charge in [0.05, 0.1) is 29.4 Å². The van der Waals surface area contributed by atoms with E-state index < -0.39 is 6.17 Å². The van der Waals surface area contributed by atoms with E-state index in [-0.39, 0.29) is 23.8 Å². The summed E-state index contributed by atoms with van der Waals surface area (Å²) in [5, 5.41) is 15.4. The van der Waals surface area contributed by atoms with Crippen molar-refractivity contribution in [1.29, 1.82) is 5.26 Å². The Morgan fingerprint density at radius 2 is 2.22 bits per heavy atom. The van der Waals surface area contributed by atoms with E-state index in [1.807, 2.05) is 19.1 Å². The van der Waals surface area contributed by atoms with Crippen LogP contribution in [0.4, 0.5) is 4.39 Å². The predicted octanol–water partition coefficient (Wildman–Crippen LogP) is 4.14. The molecule has 1 saturated heterocycles. The molecule has 0 aromatic carbocycles. The lowest BCUT2D eigenvalue weighted by Crippen LogP contribution is -2.31. The Morgan fingerprint density at radius 3 is 2.83 bits per heavy atom. The molecule has 3 rings (SSSR count). The number of nitrogens with zero attached hydrogens (tertiary/aromatic N) is 3. The molecular formula is C19H22FN3. The summed E-state index contributed by atoms with van der Waals surface area (Å²) in [7, 11) is 0. The van der Waals surface area contributed by atoms with Crippen LogP contribution in [0.1, 0.15) is 26.2 Å². The lowest BCUT2D eigenvalue weighted by atomic mass is 9.91. The largest absolute Gasteiger partial charge is 0.263 e. The normalized spacial score (nSPS) is 36.2. The van der Waals surface area contributed by atoms with Crippen molar-refractivity contribution in [3.63, 3.8) is 0 Å². The fourth-order valence-electron chi connectivity index (χ4n) is 3.40. The van der Waals surface area contributed by atoms with E-state index in [2.05, 4.69) is 36.5 Å². The number of hydrogen-bond acceptors (Lipinski definition) is 3. The molecule has 3 aliphatic rings. The third-order valence-electron chi connectivity index (χ3n) is 5.05. The molecule has 2 aliphatic carbocycles. The molecule has 4 heteroatoms. The summed E-state index contributed by atoms with van der Waals surface area (Å²) >= 11 is 0. The number of halogens is 1. The summed E-state index contributed by atoms with van der Waals surface area (Å²) in [5.41, 5.74) is 2.10. The molecule has 1 saturated carbocycles. The molecular weight excluding hydrogens is 289 g/mol. The second-order valence-electron chi connectivity index (χ2n) is 6.61. The fourth-order valence-corrected chi connectivity index (χ4v) is 3.40. The minimum atomic E-state index is -1.04. The Kier molecular flexibility index (Phi) is 4.21. The van der Waals surface area contributed by atoms with Crippen molar-refractivity contribution in [3.8, 4) is 6.07 Å². The molecule has 5 unspecified atom stereocenters. The zero-order valence-corrected chi connectivity index (χ0v) is 13.5. The third-order valence-corrected chi connectivity index (χ3v) is 5.05. The average Bonchev–Trinajstić information content (AvgIpc) is 3.31. The van der Waals surface area contributed by atoms with Crippen molar-refractivity contribution in [2.75, 3.05) is 0 Å². The molecule has 0 aromatic rings. The van der Waals surface area contributed by atoms with Gasteiger partial charge in [0.15, 0.2) is 0 Å². The van der Waals surface area contributed by atoms with Gasteiger partial charge in [-0.2, -0.15) is 10.4 Å². The molecule has 0 spiro atoms. The maximum Gasteiger partial charge on any atom is 0.143 e. The van der Waals surface area contributed by atoms with Crippen LogP contribution >= 0.6 is 0 Å². The van der Waals surface area contributed by atoms with Crippen molar-refractivity contribution in [3.05, 3.63) is 48.7 Å². The van der Waals surface area contributed by atoms with Crippen molar-refractivity contribution >= 4 is 5.71 Å². The summed E-state index contributed by atoms with van der Waals surface area (Å²) in [6, 6.07) is 2.26. The molecule has 1 aliphatic heterocycles. The molecule has 0 aromatic heterocycles. The van der Waals surface area contributed by atoms with Gasteiger partial charge in [-0.25, -0.2) is 4.39 Å². The number of alkyl halides is 1. The molecule has 0 amide bonds. The van der Waals surface area contributed by atoms with E-state index in [0.717, 1.165) is 24.1 Å². The first kappa shape index (κ1) is 15.7. The van der Waals surface area contributed by atoms with Crippen molar-refractivity contribution in [2.45, 2.75) is 38.4 Å². The van der Waals surface area contributed by atoms with Gasteiger partial charge in [0.1, 0.15) is 6.17 Å². The van der Waals surface area contributed by atoms with Crippen LogP contribution in [0.25, 0.3) is 0 Å². The van der Waals surface area contributed by atoms with Gasteiger partial charge in [-0.1, -0.05) is 37.5 Å². The molecule has 0 bridgehead atoms. The predicted molar refractivity (Wildman–Crippen MR) is 90.1 cm³/mol. The molecule has 1 heterocycles. The van der Waals surface area contributed by atoms with E-state index in [9.17, 15) is 4.39 Å². The van der Waals surface area contributed by atoms with Gasteiger partial charge >= 0.3 is 0 Å². The van der Waals surface area contributed by atoms with Crippen LogP contribution in [0.5, 0.6) is 0 Å². The fraction of sp³-hybridized carbons (Fsp3) is 0.474. The zero-order chi connectivity index (χ0) is 16.6. The summed E-state index contributed by atoms with van der Waals surface area (Å²) in [6.45, 7) is 9.86. The standard InChI is InChI=1S/C19H22FN3/c1-12(17-9-16(17)11-21)13(2)22-23-14(3)18(20)10-19(23)15-7-5-4-6-8-15/h4-7,15-19H,1,3,8-10H2,2H3/b22-13+. The molecule has 2 fully saturated rings. The first-order chi connectivity index (χ1) is 11.0. The van der Waals surface area contributed by atoms with Crippen LogP contribution < -0.4 is 0 Å². The van der Waals surface area contributed by atoms with Crippen molar-refractivity contribution in [2.24, 2.45) is 22.9 Å². The third kappa shape index (κ3) is 3.01. The number of rotatable bonds is 4. The molecule has 5 atom stereocenters. The van der Waals surface area contributed by atoms with Crippen LogP contribution in [-0.2, 0) is 0 Å². The smallest absolute Gasteiger partial charge is 0.143 e. The minimum absolute atomic E-state index is 0.00702. The monoisotopic (exact) mass is 311 g/mol. The van der Waals surface area contributed by atoms with E-state index >= 15 is 0 Å². The second kappa shape index (κ2) is 6.16. The van der Waals surface area contributed by atoms with Gasteiger partial charge < -0.3 is 0 Å². The van der Waals surface area contributed by atoms with Crippen LogP contribution in [0.3, 0.4) is 0 Å². The molecule has 120 valence electrons. The van der Waals surface area contributed by atoms with Gasteiger partial charge in [-0.05, 0) is 25.3 Å². The Balaban J connectivity index is 1.78. The quantitative estimate of drug-likeness (QED) is 0.732. The topological polar surface area (TPSA) is 39.4 Å². The number of hydrogen-bond donors (Lipinski definition) is 0. The second-order valence-corrected chi connectivity index (χ2v) is 6.61. The van der Waals surface area contributed by atoms with Crippen LogP contribution in [0, 0.1) is 29.1 Å². The van der Waals surface area contributed by atoms with Crippen LogP contribution in [-0.4, -0.2) is 22.9 Å². The Labute approximate surface area is 137 Å². The summed E-state index contributed by atoms with van der Waals surface area (Å²) in [4.78, 5) is 0. The highest BCUT2D eigenvalue weighted by Gasteiger charge is 2.42. The van der Waals surface area contributed by atoms with E-state index in [1.165, 1.54) is 0 Å². The molecule has 23 heavy (non-hydrogen) atoms. The number of hydrazone groups is 1. The van der Waals surface area contributed by atoms with Crippen LogP contribution in [0.2, 0.25) is 0 Å². The maximum absolute atomic E-state index is 14.2. The summed E-state index contributed by atoms with van der Waals surface area (Å²) in [5.74, 6) is 0.511. The van der Waals surface area contributed by atoms with Gasteiger partial charge in [-0.15, -0.1) is 0 Å². The average molecular weight is 311 g/mol. The van der Waals surface area contributed by atoms with Gasteiger partial charge in [-0.3, -0.25) is 5.01 Å². The van der Waals surface area contributed by atoms with Crippen molar-refractivity contribution < 1.29 is 4.39 Å². The minimum Gasteiger partial charge on any atom is -0.263 e. The first-order valence-electron chi connectivity index (χ1n) is 8.12. The lowest BCUT2D eigenvalue weighted by Gasteiger charge is -2.28. The van der Waals surface area contributed by atoms with Gasteiger partial charge in [0, 0.05) is 18.3 Å². The molecule has 0 N–H and O–H groups in total. The highest BCUT2D eigenvalue weighted by molar-refractivity contribution is 5.98. The first-order valence-corrected chi connectivity index (χ1v) is 8.12. The zero-order valence-electron chi connectivity index (χ0n) is 13.5. The molecule has 0 radical (unpaired) electrons. The van der Waals surface area contributed by atoms with E-state index in [4.69, 9.17) is 5.26 Å². The number of allylic oxidation sites excluding steroid dienone is 5.